The van der Waals surface area contributed by atoms with Gasteiger partial charge in [0.15, 0.2) is 0 Å². The summed E-state index contributed by atoms with van der Waals surface area (Å²) in [6, 6.07) is 4.69. The van der Waals surface area contributed by atoms with Crippen molar-refractivity contribution in [2.24, 2.45) is 0 Å². The zero-order chi connectivity index (χ0) is 19.5. The van der Waals surface area contributed by atoms with Crippen LogP contribution in [-0.4, -0.2) is 81.4 Å². The first-order valence-electron chi connectivity index (χ1n) is 8.42. The second-order valence-corrected chi connectivity index (χ2v) is 8.37. The van der Waals surface area contributed by atoms with Crippen LogP contribution in [0.2, 0.25) is 0 Å². The van der Waals surface area contributed by atoms with Crippen LogP contribution < -0.4 is 0 Å². The summed E-state index contributed by atoms with van der Waals surface area (Å²) in [5.41, 5.74) is 0.906. The number of hydrogen-bond acceptors (Lipinski definition) is 5. The molecule has 0 N–H and O–H groups in total. The minimum atomic E-state index is -3.63. The van der Waals surface area contributed by atoms with Crippen molar-refractivity contribution in [1.29, 1.82) is 0 Å². The van der Waals surface area contributed by atoms with Crippen molar-refractivity contribution in [3.8, 4) is 0 Å². The fraction of sp³-hybridized carbons (Fsp3) is 0.529. The number of sulfonamides is 1. The van der Waals surface area contributed by atoms with E-state index in [0.717, 1.165) is 4.31 Å². The molecule has 0 spiro atoms. The molecule has 8 nitrogen and oxygen atoms in total. The van der Waals surface area contributed by atoms with E-state index in [4.69, 9.17) is 4.74 Å². The second-order valence-electron chi connectivity index (χ2n) is 6.25. The van der Waals surface area contributed by atoms with Crippen molar-refractivity contribution in [2.45, 2.75) is 18.7 Å². The van der Waals surface area contributed by atoms with Gasteiger partial charge in [-0.05, 0) is 31.5 Å². The van der Waals surface area contributed by atoms with Gasteiger partial charge in [-0.25, -0.2) is 17.5 Å². The summed E-state index contributed by atoms with van der Waals surface area (Å²) in [6.45, 7) is 5.28. The highest BCUT2D eigenvalue weighted by molar-refractivity contribution is 7.89. The van der Waals surface area contributed by atoms with Crippen LogP contribution in [0.5, 0.6) is 0 Å². The molecule has 2 rings (SSSR count). The number of carbonyl (C=O) groups is 2. The van der Waals surface area contributed by atoms with Crippen LogP contribution in [0.3, 0.4) is 0 Å². The number of amides is 2. The van der Waals surface area contributed by atoms with Gasteiger partial charge < -0.3 is 14.5 Å². The third-order valence-electron chi connectivity index (χ3n) is 4.29. The van der Waals surface area contributed by atoms with Gasteiger partial charge in [0, 0.05) is 45.8 Å². The molecule has 0 bridgehead atoms. The first kappa shape index (κ1) is 20.2. The fourth-order valence-corrected chi connectivity index (χ4v) is 3.84. The Kier molecular flexibility index (Phi) is 6.25. The van der Waals surface area contributed by atoms with Gasteiger partial charge in [0.25, 0.3) is 5.91 Å². The number of benzene rings is 1. The number of carbonyl (C=O) groups excluding carboxylic acids is 2. The SMILES string of the molecule is CCOC(=O)N1CCN(C(=O)c2ccc(C)c(S(=O)(=O)N(C)C)c2)CC1. The molecule has 144 valence electrons. The standard InChI is InChI=1S/C17H25N3O5S/c1-5-25-17(22)20-10-8-19(9-11-20)16(21)14-7-6-13(2)15(12-14)26(23,24)18(3)4/h6-7,12H,5,8-11H2,1-4H3. The van der Waals surface area contributed by atoms with Gasteiger partial charge in [0.1, 0.15) is 0 Å². The van der Waals surface area contributed by atoms with Gasteiger partial charge in [0.2, 0.25) is 10.0 Å². The van der Waals surface area contributed by atoms with Crippen molar-refractivity contribution in [2.75, 3.05) is 46.9 Å². The molecule has 1 aromatic rings. The van der Waals surface area contributed by atoms with E-state index in [1.54, 1.807) is 35.8 Å². The molecule has 26 heavy (non-hydrogen) atoms. The molecule has 0 saturated carbocycles. The normalized spacial score (nSPS) is 15.3. The molecule has 1 fully saturated rings. The van der Waals surface area contributed by atoms with Crippen LogP contribution in [0.1, 0.15) is 22.8 Å². The van der Waals surface area contributed by atoms with Crippen molar-refractivity contribution < 1.29 is 22.7 Å². The lowest BCUT2D eigenvalue weighted by molar-refractivity contribution is 0.0570. The Labute approximate surface area is 154 Å². The lowest BCUT2D eigenvalue weighted by Crippen LogP contribution is -2.50. The molecule has 0 aromatic heterocycles. The Morgan fingerprint density at radius 2 is 1.69 bits per heavy atom. The van der Waals surface area contributed by atoms with E-state index in [-0.39, 0.29) is 16.9 Å². The average molecular weight is 383 g/mol. The maximum Gasteiger partial charge on any atom is 0.409 e. The molecular formula is C17H25N3O5S. The minimum Gasteiger partial charge on any atom is -0.450 e. The summed E-state index contributed by atoms with van der Waals surface area (Å²) in [4.78, 5) is 27.8. The van der Waals surface area contributed by atoms with E-state index in [9.17, 15) is 18.0 Å². The molecule has 2 amide bonds. The van der Waals surface area contributed by atoms with E-state index in [0.29, 0.717) is 43.9 Å². The summed E-state index contributed by atoms with van der Waals surface area (Å²) in [5.74, 6) is -0.247. The lowest BCUT2D eigenvalue weighted by atomic mass is 10.1. The van der Waals surface area contributed by atoms with E-state index < -0.39 is 10.0 Å². The van der Waals surface area contributed by atoms with E-state index >= 15 is 0 Å². The third kappa shape index (κ3) is 4.16. The third-order valence-corrected chi connectivity index (χ3v) is 6.24. The predicted molar refractivity (Wildman–Crippen MR) is 96.6 cm³/mol. The summed E-state index contributed by atoms with van der Waals surface area (Å²) >= 11 is 0. The van der Waals surface area contributed by atoms with Crippen LogP contribution in [0.25, 0.3) is 0 Å². The summed E-state index contributed by atoms with van der Waals surface area (Å²) in [6.07, 6.45) is -0.380. The first-order valence-corrected chi connectivity index (χ1v) is 9.86. The van der Waals surface area contributed by atoms with Crippen LogP contribution in [-0.2, 0) is 14.8 Å². The topological polar surface area (TPSA) is 87.2 Å². The van der Waals surface area contributed by atoms with Gasteiger partial charge >= 0.3 is 6.09 Å². The maximum absolute atomic E-state index is 12.7. The van der Waals surface area contributed by atoms with E-state index in [1.165, 1.54) is 20.2 Å². The monoisotopic (exact) mass is 383 g/mol. The van der Waals surface area contributed by atoms with Crippen LogP contribution in [0.4, 0.5) is 4.79 Å². The highest BCUT2D eigenvalue weighted by Crippen LogP contribution is 2.21. The van der Waals surface area contributed by atoms with Gasteiger partial charge in [-0.2, -0.15) is 0 Å². The van der Waals surface area contributed by atoms with E-state index in [2.05, 4.69) is 0 Å². The smallest absolute Gasteiger partial charge is 0.409 e. The Balaban J connectivity index is 2.15. The molecule has 1 saturated heterocycles. The fourth-order valence-electron chi connectivity index (χ4n) is 2.70. The number of aryl methyl sites for hydroxylation is 1. The number of piperazine rings is 1. The highest BCUT2D eigenvalue weighted by Gasteiger charge is 2.27. The molecule has 0 unspecified atom stereocenters. The molecule has 1 aliphatic heterocycles. The first-order chi connectivity index (χ1) is 12.2. The zero-order valence-electron chi connectivity index (χ0n) is 15.6. The minimum absolute atomic E-state index is 0.124. The highest BCUT2D eigenvalue weighted by atomic mass is 32.2. The molecule has 1 aliphatic rings. The molecule has 1 aromatic carbocycles. The van der Waals surface area contributed by atoms with Crippen LogP contribution >= 0.6 is 0 Å². The zero-order valence-corrected chi connectivity index (χ0v) is 16.4. The van der Waals surface area contributed by atoms with E-state index in [1.807, 2.05) is 0 Å². The number of hydrogen-bond donors (Lipinski definition) is 0. The number of rotatable bonds is 4. The van der Waals surface area contributed by atoms with Crippen molar-refractivity contribution in [3.05, 3.63) is 29.3 Å². The van der Waals surface area contributed by atoms with Gasteiger partial charge in [-0.1, -0.05) is 6.07 Å². The average Bonchev–Trinajstić information content (AvgIpc) is 2.61. The predicted octanol–water partition coefficient (Wildman–Crippen LogP) is 1.16. The lowest BCUT2D eigenvalue weighted by Gasteiger charge is -2.34. The Morgan fingerprint density at radius 1 is 1.12 bits per heavy atom. The van der Waals surface area contributed by atoms with Crippen molar-refractivity contribution >= 4 is 22.0 Å². The summed E-state index contributed by atoms with van der Waals surface area (Å²) in [5, 5.41) is 0. The quantitative estimate of drug-likeness (QED) is 0.779. The Morgan fingerprint density at radius 3 is 2.23 bits per heavy atom. The Bertz CT molecular complexity index is 784. The summed E-state index contributed by atoms with van der Waals surface area (Å²) in [7, 11) is -0.715. The van der Waals surface area contributed by atoms with Crippen molar-refractivity contribution in [1.82, 2.24) is 14.1 Å². The largest absolute Gasteiger partial charge is 0.450 e. The molecular weight excluding hydrogens is 358 g/mol. The number of nitrogens with zero attached hydrogens (tertiary/aromatic N) is 3. The second kappa shape index (κ2) is 8.05. The van der Waals surface area contributed by atoms with Gasteiger partial charge in [-0.3, -0.25) is 4.79 Å². The molecule has 0 radical (unpaired) electrons. The Hall–Kier alpha value is -2.13. The van der Waals surface area contributed by atoms with Gasteiger partial charge in [0.05, 0.1) is 11.5 Å². The molecule has 0 aliphatic carbocycles. The maximum atomic E-state index is 12.7. The van der Waals surface area contributed by atoms with Gasteiger partial charge in [-0.15, -0.1) is 0 Å². The van der Waals surface area contributed by atoms with Crippen LogP contribution in [0.15, 0.2) is 23.1 Å². The summed E-state index contributed by atoms with van der Waals surface area (Å²) < 4.78 is 30.9. The van der Waals surface area contributed by atoms with Crippen molar-refractivity contribution in [3.63, 3.8) is 0 Å². The van der Waals surface area contributed by atoms with Crippen LogP contribution in [0, 0.1) is 6.92 Å². The molecule has 9 heteroatoms. The number of ether oxygens (including phenoxy) is 1. The molecule has 1 heterocycles. The molecule has 0 atom stereocenters.